The molecule has 57 heavy (non-hydrogen) atoms. The Morgan fingerprint density at radius 3 is 1.33 bits per heavy atom. The van der Waals surface area contributed by atoms with Crippen LogP contribution in [0, 0.1) is 27.7 Å². The first-order valence-corrected chi connectivity index (χ1v) is 19.8. The summed E-state index contributed by atoms with van der Waals surface area (Å²) in [5, 5.41) is 7.49. The van der Waals surface area contributed by atoms with Crippen molar-refractivity contribution in [1.82, 2.24) is 0 Å². The van der Waals surface area contributed by atoms with Crippen LogP contribution in [0.2, 0.25) is 0 Å². The van der Waals surface area contributed by atoms with Gasteiger partial charge in [-0.1, -0.05) is 121 Å². The highest BCUT2D eigenvalue weighted by molar-refractivity contribution is 6.28. The molecule has 0 aromatic heterocycles. The van der Waals surface area contributed by atoms with Gasteiger partial charge in [-0.25, -0.2) is 0 Å². The molecule has 0 amide bonds. The molecular formula is C55H42N2. The van der Waals surface area contributed by atoms with Crippen LogP contribution in [-0.2, 0) is 0 Å². The van der Waals surface area contributed by atoms with Gasteiger partial charge in [0.15, 0.2) is 0 Å². The summed E-state index contributed by atoms with van der Waals surface area (Å²) in [5.41, 5.74) is 20.0. The molecule has 0 spiro atoms. The molecule has 9 aromatic rings. The maximum absolute atomic E-state index is 3.39. The van der Waals surface area contributed by atoms with Gasteiger partial charge in [0, 0.05) is 39.1 Å². The zero-order valence-electron chi connectivity index (χ0n) is 32.7. The minimum Gasteiger partial charge on any atom is -0.309 e. The van der Waals surface area contributed by atoms with E-state index < -0.39 is 0 Å². The van der Waals surface area contributed by atoms with Crippen LogP contribution in [0.25, 0.3) is 49.0 Å². The van der Waals surface area contributed by atoms with Gasteiger partial charge in [0.05, 0.1) is 11.4 Å². The van der Waals surface area contributed by atoms with E-state index in [-0.39, 0.29) is 0 Å². The number of anilines is 6. The molecule has 0 radical (unpaired) electrons. The first-order chi connectivity index (χ1) is 27.9. The van der Waals surface area contributed by atoms with Crippen molar-refractivity contribution in [2.24, 2.45) is 0 Å². The summed E-state index contributed by atoms with van der Waals surface area (Å²) in [5.74, 6) is 0. The van der Waals surface area contributed by atoms with Crippen LogP contribution >= 0.6 is 0 Å². The smallest absolute Gasteiger partial charge is 0.0540 e. The largest absolute Gasteiger partial charge is 0.309 e. The molecule has 0 fully saturated rings. The number of hydrogen-bond acceptors (Lipinski definition) is 2. The molecule has 10 rings (SSSR count). The lowest BCUT2D eigenvalue weighted by molar-refractivity contribution is 1.23. The number of rotatable bonds is 8. The van der Waals surface area contributed by atoms with E-state index in [0.29, 0.717) is 0 Å². The molecule has 0 aliphatic heterocycles. The maximum atomic E-state index is 3.39. The monoisotopic (exact) mass is 730 g/mol. The van der Waals surface area contributed by atoms with Crippen molar-refractivity contribution in [3.05, 3.63) is 216 Å². The van der Waals surface area contributed by atoms with E-state index in [1.807, 2.05) is 6.08 Å². The van der Waals surface area contributed by atoms with Gasteiger partial charge in [0.1, 0.15) is 0 Å². The Morgan fingerprint density at radius 1 is 0.368 bits per heavy atom. The first-order valence-electron chi connectivity index (χ1n) is 19.8. The Balaban J connectivity index is 1.20. The van der Waals surface area contributed by atoms with Crippen molar-refractivity contribution in [3.8, 4) is 11.1 Å². The molecular weight excluding hydrogens is 689 g/mol. The molecule has 2 nitrogen and oxygen atoms in total. The summed E-state index contributed by atoms with van der Waals surface area (Å²) in [6.45, 7) is 8.89. The van der Waals surface area contributed by atoms with Crippen LogP contribution < -0.4 is 9.80 Å². The highest BCUT2D eigenvalue weighted by atomic mass is 15.2. The fourth-order valence-corrected chi connectivity index (χ4v) is 8.87. The van der Waals surface area contributed by atoms with Gasteiger partial charge >= 0.3 is 0 Å². The molecule has 0 N–H and O–H groups in total. The summed E-state index contributed by atoms with van der Waals surface area (Å²) in [6.07, 6.45) is 6.17. The predicted molar refractivity (Wildman–Crippen MR) is 245 cm³/mol. The van der Waals surface area contributed by atoms with Gasteiger partial charge < -0.3 is 9.80 Å². The molecule has 0 saturated carbocycles. The quantitative estimate of drug-likeness (QED) is 0.113. The number of allylic oxidation sites excluding steroid dienone is 3. The fourth-order valence-electron chi connectivity index (χ4n) is 8.87. The van der Waals surface area contributed by atoms with Crippen LogP contribution in [-0.4, -0.2) is 0 Å². The van der Waals surface area contributed by atoms with Gasteiger partial charge in [0.25, 0.3) is 0 Å². The molecule has 2 heteroatoms. The zero-order valence-corrected chi connectivity index (χ0v) is 32.7. The number of aryl methyl sites for hydroxylation is 4. The van der Waals surface area contributed by atoms with Gasteiger partial charge in [0.2, 0.25) is 0 Å². The normalized spacial score (nSPS) is 12.2. The summed E-state index contributed by atoms with van der Waals surface area (Å²) in [4.78, 5) is 4.94. The maximum Gasteiger partial charge on any atom is 0.0540 e. The standard InChI is InChI=1S/C55H42N2/c1-36-14-8-12-20-48(36)56(50-30-26-44(34-38(50)3)40-16-6-5-7-17-40)52-32-24-42-23-29-47-53(33-25-43-22-28-46(52)54(42)55(43)47)57(49-21-13-9-15-37(49)2)51-31-27-45(35-39(51)4)41-18-10-11-19-41/h5-18,20-35H,1-4H3. The molecule has 0 atom stereocenters. The third-order valence-corrected chi connectivity index (χ3v) is 11.7. The molecule has 1 aliphatic rings. The van der Waals surface area contributed by atoms with E-state index in [1.54, 1.807) is 0 Å². The Labute approximate surface area is 334 Å². The van der Waals surface area contributed by atoms with Crippen LogP contribution in [0.5, 0.6) is 0 Å². The van der Waals surface area contributed by atoms with E-state index in [9.17, 15) is 0 Å². The van der Waals surface area contributed by atoms with Gasteiger partial charge in [-0.2, -0.15) is 0 Å². The van der Waals surface area contributed by atoms with E-state index in [4.69, 9.17) is 0 Å². The van der Waals surface area contributed by atoms with Crippen molar-refractivity contribution < 1.29 is 0 Å². The van der Waals surface area contributed by atoms with Crippen LogP contribution in [0.4, 0.5) is 34.1 Å². The van der Waals surface area contributed by atoms with Gasteiger partial charge in [-0.05, 0) is 149 Å². The van der Waals surface area contributed by atoms with Crippen molar-refractivity contribution in [2.45, 2.75) is 27.7 Å². The minimum atomic E-state index is 1.12. The van der Waals surface area contributed by atoms with Crippen LogP contribution in [0.15, 0.2) is 188 Å². The Morgan fingerprint density at radius 2 is 0.825 bits per heavy atom. The number of nitrogens with zero attached hydrogens (tertiary/aromatic N) is 2. The number of para-hydroxylation sites is 2. The van der Waals surface area contributed by atoms with Gasteiger partial charge in [-0.3, -0.25) is 0 Å². The second-order valence-electron chi connectivity index (χ2n) is 15.3. The lowest BCUT2D eigenvalue weighted by atomic mass is 9.91. The molecule has 0 heterocycles. The fraction of sp³-hybridized carbons (Fsp3) is 0.0727. The third kappa shape index (κ3) is 5.82. The molecule has 1 aliphatic carbocycles. The summed E-state index contributed by atoms with van der Waals surface area (Å²) >= 11 is 0. The predicted octanol–water partition coefficient (Wildman–Crippen LogP) is 15.5. The summed E-state index contributed by atoms with van der Waals surface area (Å²) < 4.78 is 0. The third-order valence-electron chi connectivity index (χ3n) is 11.7. The van der Waals surface area contributed by atoms with E-state index in [1.165, 1.54) is 94.0 Å². The van der Waals surface area contributed by atoms with E-state index in [0.717, 1.165) is 16.9 Å². The van der Waals surface area contributed by atoms with Crippen molar-refractivity contribution in [3.63, 3.8) is 0 Å². The molecule has 0 unspecified atom stereocenters. The summed E-state index contributed by atoms with van der Waals surface area (Å²) in [7, 11) is 0. The lowest BCUT2D eigenvalue weighted by Gasteiger charge is -2.31. The topological polar surface area (TPSA) is 6.48 Å². The van der Waals surface area contributed by atoms with E-state index in [2.05, 4.69) is 219 Å². The second kappa shape index (κ2) is 13.9. The van der Waals surface area contributed by atoms with Crippen LogP contribution in [0.3, 0.4) is 0 Å². The second-order valence-corrected chi connectivity index (χ2v) is 15.3. The first kappa shape index (κ1) is 34.4. The van der Waals surface area contributed by atoms with Crippen LogP contribution in [0.1, 0.15) is 27.8 Å². The van der Waals surface area contributed by atoms with E-state index >= 15 is 0 Å². The minimum absolute atomic E-state index is 1.12. The lowest BCUT2D eigenvalue weighted by Crippen LogP contribution is -2.14. The van der Waals surface area contributed by atoms with Gasteiger partial charge in [-0.15, -0.1) is 5.73 Å². The zero-order chi connectivity index (χ0) is 38.6. The number of hydrogen-bond donors (Lipinski definition) is 0. The Hall–Kier alpha value is -7.12. The molecule has 0 saturated heterocycles. The molecule has 0 bridgehead atoms. The van der Waals surface area contributed by atoms with Crippen molar-refractivity contribution >= 4 is 72.0 Å². The van der Waals surface area contributed by atoms with Crippen molar-refractivity contribution in [2.75, 3.05) is 9.80 Å². The summed E-state index contributed by atoms with van der Waals surface area (Å²) in [6, 6.07) is 60.3. The average Bonchev–Trinajstić information content (AvgIpc) is 3.79. The molecule has 9 aromatic carbocycles. The Kier molecular flexibility index (Phi) is 8.37. The Bertz CT molecular complexity index is 3110. The molecule has 272 valence electrons. The highest BCUT2D eigenvalue weighted by Gasteiger charge is 2.24. The number of benzene rings is 9. The SMILES string of the molecule is Cc1ccccc1N(c1ccc(C2=C=CC=C2)cc1C)c1ccc2ccc3c(N(c4ccccc4C)c4ccc(-c5ccccc5)cc4C)ccc4ccc1c2c43. The van der Waals surface area contributed by atoms with Crippen molar-refractivity contribution in [1.29, 1.82) is 0 Å². The highest BCUT2D eigenvalue weighted by Crippen LogP contribution is 2.49. The average molecular weight is 731 g/mol.